The third-order valence-corrected chi connectivity index (χ3v) is 5.10. The highest BCUT2D eigenvalue weighted by atomic mass is 16.5. The number of amides is 1. The van der Waals surface area contributed by atoms with E-state index >= 15 is 0 Å². The monoisotopic (exact) mass is 377 g/mol. The van der Waals surface area contributed by atoms with Gasteiger partial charge < -0.3 is 14.1 Å². The number of nitrogens with zero attached hydrogens (tertiary/aromatic N) is 3. The summed E-state index contributed by atoms with van der Waals surface area (Å²) in [5.41, 5.74) is 1.81. The number of carbonyl (C=O) groups is 1. The summed E-state index contributed by atoms with van der Waals surface area (Å²) < 4.78 is 11.3. The summed E-state index contributed by atoms with van der Waals surface area (Å²) in [4.78, 5) is 14.6. The smallest absolute Gasteiger partial charge is 0.251 e. The highest BCUT2D eigenvalue weighted by Gasteiger charge is 2.28. The highest BCUT2D eigenvalue weighted by Crippen LogP contribution is 2.32. The lowest BCUT2D eigenvalue weighted by Gasteiger charge is -2.31. The molecule has 1 fully saturated rings. The lowest BCUT2D eigenvalue weighted by Crippen LogP contribution is -2.40. The Morgan fingerprint density at radius 3 is 2.75 bits per heavy atom. The first-order valence-electron chi connectivity index (χ1n) is 9.53. The Morgan fingerprint density at radius 2 is 1.93 bits per heavy atom. The number of hydrogen-bond donors (Lipinski definition) is 0. The fourth-order valence-electron chi connectivity index (χ4n) is 3.62. The van der Waals surface area contributed by atoms with Gasteiger partial charge in [0.05, 0.1) is 25.0 Å². The second-order valence-electron chi connectivity index (χ2n) is 6.99. The van der Waals surface area contributed by atoms with Crippen LogP contribution in [0.2, 0.25) is 0 Å². The van der Waals surface area contributed by atoms with Crippen LogP contribution in [0.1, 0.15) is 30.2 Å². The van der Waals surface area contributed by atoms with E-state index in [1.807, 2.05) is 59.5 Å². The summed E-state index contributed by atoms with van der Waals surface area (Å²) in [5, 5.41) is 8.47. The van der Waals surface area contributed by atoms with Crippen LogP contribution in [0.5, 0.6) is 5.75 Å². The SMILES string of the molecule is COc1ccccc1-c1nnc(C2CCCN(C(=O)Cc3ccccc3)C2)o1. The summed E-state index contributed by atoms with van der Waals surface area (Å²) in [5.74, 6) is 1.92. The van der Waals surface area contributed by atoms with Gasteiger partial charge in [0.25, 0.3) is 5.89 Å². The highest BCUT2D eigenvalue weighted by molar-refractivity contribution is 5.79. The van der Waals surface area contributed by atoms with E-state index in [0.717, 1.165) is 30.5 Å². The molecule has 1 amide bonds. The van der Waals surface area contributed by atoms with Crippen molar-refractivity contribution in [1.82, 2.24) is 15.1 Å². The predicted octanol–water partition coefficient (Wildman–Crippen LogP) is 3.69. The van der Waals surface area contributed by atoms with Crippen LogP contribution in [0.15, 0.2) is 59.0 Å². The standard InChI is InChI=1S/C22H23N3O3/c1-27-19-12-6-5-11-18(19)22-24-23-21(28-22)17-10-7-13-25(15-17)20(26)14-16-8-3-2-4-9-16/h2-6,8-9,11-12,17H,7,10,13-15H2,1H3. The van der Waals surface area contributed by atoms with Crippen LogP contribution in [0, 0.1) is 0 Å². The van der Waals surface area contributed by atoms with E-state index < -0.39 is 0 Å². The molecule has 2 heterocycles. The lowest BCUT2D eigenvalue weighted by atomic mass is 9.97. The second kappa shape index (κ2) is 8.25. The van der Waals surface area contributed by atoms with E-state index in [4.69, 9.17) is 9.15 Å². The predicted molar refractivity (Wildman–Crippen MR) is 105 cm³/mol. The van der Waals surface area contributed by atoms with Crippen molar-refractivity contribution < 1.29 is 13.9 Å². The van der Waals surface area contributed by atoms with Crippen LogP contribution in [0.25, 0.3) is 11.5 Å². The maximum absolute atomic E-state index is 12.7. The maximum atomic E-state index is 12.7. The van der Waals surface area contributed by atoms with E-state index in [1.54, 1.807) is 7.11 Å². The first-order chi connectivity index (χ1) is 13.7. The van der Waals surface area contributed by atoms with Crippen molar-refractivity contribution >= 4 is 5.91 Å². The number of para-hydroxylation sites is 1. The minimum atomic E-state index is 0.0597. The van der Waals surface area contributed by atoms with Crippen molar-refractivity contribution in [3.8, 4) is 17.2 Å². The molecule has 1 aromatic heterocycles. The van der Waals surface area contributed by atoms with Gasteiger partial charge >= 0.3 is 0 Å². The van der Waals surface area contributed by atoms with Gasteiger partial charge in [0.1, 0.15) is 5.75 Å². The van der Waals surface area contributed by atoms with Crippen LogP contribution < -0.4 is 4.74 Å². The molecule has 1 aliphatic heterocycles. The summed E-state index contributed by atoms with van der Waals surface area (Å²) in [6.07, 6.45) is 2.28. The summed E-state index contributed by atoms with van der Waals surface area (Å²) in [7, 11) is 1.62. The molecule has 0 spiro atoms. The quantitative estimate of drug-likeness (QED) is 0.678. The molecule has 0 aliphatic carbocycles. The average molecular weight is 377 g/mol. The maximum Gasteiger partial charge on any atom is 0.251 e. The van der Waals surface area contributed by atoms with Crippen molar-refractivity contribution in [2.75, 3.05) is 20.2 Å². The second-order valence-corrected chi connectivity index (χ2v) is 6.99. The number of likely N-dealkylation sites (tertiary alicyclic amines) is 1. The molecule has 1 unspecified atom stereocenters. The molecule has 28 heavy (non-hydrogen) atoms. The van der Waals surface area contributed by atoms with Crippen LogP contribution in [0.4, 0.5) is 0 Å². The number of ether oxygens (including phenoxy) is 1. The van der Waals surface area contributed by atoms with Gasteiger partial charge in [-0.05, 0) is 30.5 Å². The van der Waals surface area contributed by atoms with E-state index in [2.05, 4.69) is 10.2 Å². The molecule has 0 N–H and O–H groups in total. The van der Waals surface area contributed by atoms with Crippen LogP contribution in [-0.4, -0.2) is 41.2 Å². The topological polar surface area (TPSA) is 68.5 Å². The van der Waals surface area contributed by atoms with Crippen LogP contribution in [-0.2, 0) is 11.2 Å². The van der Waals surface area contributed by atoms with Gasteiger partial charge in [-0.15, -0.1) is 10.2 Å². The average Bonchev–Trinajstić information content (AvgIpc) is 3.25. The Bertz CT molecular complexity index is 939. The van der Waals surface area contributed by atoms with E-state index in [-0.39, 0.29) is 11.8 Å². The number of rotatable bonds is 5. The van der Waals surface area contributed by atoms with Crippen molar-refractivity contribution in [3.63, 3.8) is 0 Å². The van der Waals surface area contributed by atoms with Gasteiger partial charge in [-0.25, -0.2) is 0 Å². The molecular formula is C22H23N3O3. The number of aromatic nitrogens is 2. The molecule has 4 rings (SSSR count). The zero-order valence-corrected chi connectivity index (χ0v) is 15.9. The van der Waals surface area contributed by atoms with Gasteiger partial charge in [0, 0.05) is 13.1 Å². The van der Waals surface area contributed by atoms with Crippen molar-refractivity contribution in [2.45, 2.75) is 25.2 Å². The first kappa shape index (κ1) is 18.2. The number of methoxy groups -OCH3 is 1. The van der Waals surface area contributed by atoms with Gasteiger partial charge in [-0.2, -0.15) is 0 Å². The molecule has 6 heteroatoms. The Balaban J connectivity index is 1.46. The largest absolute Gasteiger partial charge is 0.496 e. The zero-order chi connectivity index (χ0) is 19.3. The Morgan fingerprint density at radius 1 is 1.14 bits per heavy atom. The van der Waals surface area contributed by atoms with Gasteiger partial charge in [0.15, 0.2) is 0 Å². The first-order valence-corrected chi connectivity index (χ1v) is 9.53. The zero-order valence-electron chi connectivity index (χ0n) is 15.9. The molecule has 0 saturated carbocycles. The molecule has 6 nitrogen and oxygen atoms in total. The molecule has 3 aromatic rings. The molecule has 144 valence electrons. The van der Waals surface area contributed by atoms with Gasteiger partial charge in [-0.3, -0.25) is 4.79 Å². The minimum Gasteiger partial charge on any atom is -0.496 e. The van der Waals surface area contributed by atoms with E-state index in [0.29, 0.717) is 30.5 Å². The van der Waals surface area contributed by atoms with E-state index in [1.165, 1.54) is 0 Å². The molecule has 2 aromatic carbocycles. The third-order valence-electron chi connectivity index (χ3n) is 5.10. The molecule has 0 bridgehead atoms. The van der Waals surface area contributed by atoms with Gasteiger partial charge in [-0.1, -0.05) is 42.5 Å². The van der Waals surface area contributed by atoms with Crippen molar-refractivity contribution in [1.29, 1.82) is 0 Å². The van der Waals surface area contributed by atoms with Crippen LogP contribution in [0.3, 0.4) is 0 Å². The number of carbonyl (C=O) groups excluding carboxylic acids is 1. The fourth-order valence-corrected chi connectivity index (χ4v) is 3.62. The van der Waals surface area contributed by atoms with Crippen molar-refractivity contribution in [2.24, 2.45) is 0 Å². The Labute approximate surface area is 164 Å². The normalized spacial score (nSPS) is 16.8. The lowest BCUT2D eigenvalue weighted by molar-refractivity contribution is -0.131. The third kappa shape index (κ3) is 3.91. The molecule has 1 aliphatic rings. The Kier molecular flexibility index (Phi) is 5.37. The fraction of sp³-hybridized carbons (Fsp3) is 0.318. The number of piperidine rings is 1. The minimum absolute atomic E-state index is 0.0597. The number of hydrogen-bond acceptors (Lipinski definition) is 5. The summed E-state index contributed by atoms with van der Waals surface area (Å²) >= 11 is 0. The van der Waals surface area contributed by atoms with Crippen molar-refractivity contribution in [3.05, 3.63) is 66.1 Å². The number of benzene rings is 2. The Hall–Kier alpha value is -3.15. The molecule has 1 saturated heterocycles. The summed E-state index contributed by atoms with van der Waals surface area (Å²) in [6, 6.07) is 17.4. The molecule has 0 radical (unpaired) electrons. The van der Waals surface area contributed by atoms with Gasteiger partial charge in [0.2, 0.25) is 11.8 Å². The molecule has 1 atom stereocenters. The molecular weight excluding hydrogens is 354 g/mol. The summed E-state index contributed by atoms with van der Waals surface area (Å²) in [6.45, 7) is 1.38. The van der Waals surface area contributed by atoms with E-state index in [9.17, 15) is 4.79 Å². The van der Waals surface area contributed by atoms with Crippen LogP contribution >= 0.6 is 0 Å².